The zero-order valence-corrected chi connectivity index (χ0v) is 17.0. The molecule has 4 rings (SSSR count). The van der Waals surface area contributed by atoms with Crippen LogP contribution in [0.4, 0.5) is 11.6 Å². The number of rotatable bonds is 7. The molecule has 0 unspecified atom stereocenters. The lowest BCUT2D eigenvalue weighted by atomic mass is 10.1. The summed E-state index contributed by atoms with van der Waals surface area (Å²) in [6.07, 6.45) is 1.77. The molecule has 0 saturated heterocycles. The second-order valence-electron chi connectivity index (χ2n) is 7.31. The number of carbonyl (C=O) groups excluding carboxylic acids is 1. The Morgan fingerprint density at radius 3 is 2.83 bits per heavy atom. The average Bonchev–Trinajstić information content (AvgIpc) is 3.35. The zero-order valence-electron chi connectivity index (χ0n) is 17.0. The molecule has 2 aromatic heterocycles. The van der Waals surface area contributed by atoms with Crippen molar-refractivity contribution in [1.29, 1.82) is 0 Å². The summed E-state index contributed by atoms with van der Waals surface area (Å²) in [4.78, 5) is 14.9. The van der Waals surface area contributed by atoms with Crippen LogP contribution in [0.2, 0.25) is 0 Å². The van der Waals surface area contributed by atoms with Crippen LogP contribution in [0.5, 0.6) is 5.75 Å². The Morgan fingerprint density at radius 1 is 1.17 bits per heavy atom. The van der Waals surface area contributed by atoms with E-state index in [1.807, 2.05) is 57.2 Å². The zero-order chi connectivity index (χ0) is 21.1. The summed E-state index contributed by atoms with van der Waals surface area (Å²) in [5, 5.41) is 22.4. The highest BCUT2D eigenvalue weighted by Gasteiger charge is 2.10. The highest BCUT2D eigenvalue weighted by molar-refractivity contribution is 5.82. The van der Waals surface area contributed by atoms with Crippen LogP contribution in [0, 0.1) is 6.92 Å². The summed E-state index contributed by atoms with van der Waals surface area (Å²) in [6, 6.07) is 11.6. The molecule has 4 aromatic rings. The molecule has 2 heterocycles. The largest absolute Gasteiger partial charge is 0.484 e. The van der Waals surface area contributed by atoms with Crippen LogP contribution in [0.3, 0.4) is 0 Å². The number of amides is 1. The topological polar surface area (TPSA) is 121 Å². The smallest absolute Gasteiger partial charge is 0.258 e. The molecule has 0 aliphatic rings. The van der Waals surface area contributed by atoms with Gasteiger partial charge in [0.05, 0.1) is 11.7 Å². The number of benzene rings is 2. The molecular formula is C21H23N7O2. The molecule has 0 atom stereocenters. The average molecular weight is 405 g/mol. The van der Waals surface area contributed by atoms with Gasteiger partial charge in [-0.2, -0.15) is 5.10 Å². The van der Waals surface area contributed by atoms with E-state index in [1.54, 1.807) is 6.20 Å². The van der Waals surface area contributed by atoms with Crippen LogP contribution in [0.15, 0.2) is 42.6 Å². The molecule has 0 bridgehead atoms. The number of aryl methyl sites for hydroxylation is 1. The van der Waals surface area contributed by atoms with Gasteiger partial charge in [0, 0.05) is 22.7 Å². The fourth-order valence-electron chi connectivity index (χ4n) is 3.07. The lowest BCUT2D eigenvalue weighted by Gasteiger charge is -2.11. The SMILES string of the molecule is Cc1cc(-c2nnc(Nc3ccc4[nH]ncc4c3)[nH]2)ccc1OCC(=O)NC(C)C. The van der Waals surface area contributed by atoms with Crippen molar-refractivity contribution in [2.75, 3.05) is 11.9 Å². The molecule has 0 fully saturated rings. The predicted molar refractivity (Wildman–Crippen MR) is 115 cm³/mol. The number of fused-ring (bicyclic) bond motifs is 1. The Morgan fingerprint density at radius 2 is 2.03 bits per heavy atom. The predicted octanol–water partition coefficient (Wildman–Crippen LogP) is 3.30. The minimum Gasteiger partial charge on any atom is -0.484 e. The van der Waals surface area contributed by atoms with Crippen molar-refractivity contribution in [2.45, 2.75) is 26.8 Å². The fraction of sp³-hybridized carbons (Fsp3) is 0.238. The molecule has 0 spiro atoms. The van der Waals surface area contributed by atoms with E-state index in [0.29, 0.717) is 17.5 Å². The summed E-state index contributed by atoms with van der Waals surface area (Å²) >= 11 is 0. The number of hydrogen-bond donors (Lipinski definition) is 4. The van der Waals surface area contributed by atoms with Crippen molar-refractivity contribution in [2.24, 2.45) is 0 Å². The third-order valence-electron chi connectivity index (χ3n) is 4.45. The normalized spacial score (nSPS) is 11.1. The third kappa shape index (κ3) is 4.40. The Hall–Kier alpha value is -3.88. The van der Waals surface area contributed by atoms with E-state index >= 15 is 0 Å². The lowest BCUT2D eigenvalue weighted by Crippen LogP contribution is -2.34. The number of H-pyrrole nitrogens is 2. The number of hydrogen-bond acceptors (Lipinski definition) is 6. The Balaban J connectivity index is 1.43. The van der Waals surface area contributed by atoms with Gasteiger partial charge in [-0.15, -0.1) is 10.2 Å². The van der Waals surface area contributed by atoms with Gasteiger partial charge in [0.15, 0.2) is 12.4 Å². The monoisotopic (exact) mass is 405 g/mol. The lowest BCUT2D eigenvalue weighted by molar-refractivity contribution is -0.123. The molecule has 0 saturated carbocycles. The number of ether oxygens (including phenoxy) is 1. The summed E-state index contributed by atoms with van der Waals surface area (Å²) in [6.45, 7) is 5.73. The Bertz CT molecular complexity index is 1180. The van der Waals surface area contributed by atoms with Crippen LogP contribution in [-0.2, 0) is 4.79 Å². The van der Waals surface area contributed by atoms with Gasteiger partial charge in [0.25, 0.3) is 5.91 Å². The number of anilines is 2. The number of aromatic nitrogens is 5. The van der Waals surface area contributed by atoms with Gasteiger partial charge < -0.3 is 20.4 Å². The Labute approximate surface area is 173 Å². The van der Waals surface area contributed by atoms with Crippen molar-refractivity contribution in [3.8, 4) is 17.1 Å². The maximum atomic E-state index is 11.8. The summed E-state index contributed by atoms with van der Waals surface area (Å²) in [7, 11) is 0. The number of nitrogens with zero attached hydrogens (tertiary/aromatic N) is 3. The molecule has 1 amide bonds. The van der Waals surface area contributed by atoms with E-state index in [2.05, 4.69) is 36.0 Å². The van der Waals surface area contributed by atoms with Gasteiger partial charge in [-0.3, -0.25) is 9.89 Å². The second-order valence-corrected chi connectivity index (χ2v) is 7.31. The molecule has 30 heavy (non-hydrogen) atoms. The highest BCUT2D eigenvalue weighted by atomic mass is 16.5. The van der Waals surface area contributed by atoms with Crippen LogP contribution in [0.1, 0.15) is 19.4 Å². The number of nitrogens with one attached hydrogen (secondary N) is 4. The molecule has 2 aromatic carbocycles. The molecule has 0 aliphatic carbocycles. The van der Waals surface area contributed by atoms with E-state index in [-0.39, 0.29) is 18.6 Å². The van der Waals surface area contributed by atoms with Crippen LogP contribution >= 0.6 is 0 Å². The first kappa shape index (κ1) is 19.4. The minimum atomic E-state index is -0.145. The van der Waals surface area contributed by atoms with Gasteiger partial charge in [-0.05, 0) is 62.7 Å². The first-order valence-electron chi connectivity index (χ1n) is 9.64. The van der Waals surface area contributed by atoms with Gasteiger partial charge >= 0.3 is 0 Å². The van der Waals surface area contributed by atoms with Crippen LogP contribution in [0.25, 0.3) is 22.3 Å². The summed E-state index contributed by atoms with van der Waals surface area (Å²) in [5.41, 5.74) is 3.63. The highest BCUT2D eigenvalue weighted by Crippen LogP contribution is 2.25. The molecule has 0 aliphatic heterocycles. The van der Waals surface area contributed by atoms with Crippen molar-refractivity contribution in [1.82, 2.24) is 30.7 Å². The summed E-state index contributed by atoms with van der Waals surface area (Å²) in [5.74, 6) is 1.68. The first-order chi connectivity index (χ1) is 14.5. The van der Waals surface area contributed by atoms with Crippen molar-refractivity contribution < 1.29 is 9.53 Å². The van der Waals surface area contributed by atoms with Gasteiger partial charge in [-0.1, -0.05) is 0 Å². The molecular weight excluding hydrogens is 382 g/mol. The maximum absolute atomic E-state index is 11.8. The van der Waals surface area contributed by atoms with Gasteiger partial charge in [-0.25, -0.2) is 0 Å². The number of carbonyl (C=O) groups is 1. The summed E-state index contributed by atoms with van der Waals surface area (Å²) < 4.78 is 5.62. The van der Waals surface area contributed by atoms with E-state index in [0.717, 1.165) is 27.7 Å². The van der Waals surface area contributed by atoms with E-state index in [4.69, 9.17) is 4.74 Å². The van der Waals surface area contributed by atoms with E-state index in [9.17, 15) is 4.79 Å². The quantitative estimate of drug-likeness (QED) is 0.374. The van der Waals surface area contributed by atoms with Crippen molar-refractivity contribution in [3.05, 3.63) is 48.2 Å². The third-order valence-corrected chi connectivity index (χ3v) is 4.45. The fourth-order valence-corrected chi connectivity index (χ4v) is 3.07. The van der Waals surface area contributed by atoms with Gasteiger partial charge in [0.2, 0.25) is 5.95 Å². The first-order valence-corrected chi connectivity index (χ1v) is 9.64. The Kier molecular flexibility index (Phi) is 5.34. The van der Waals surface area contributed by atoms with Crippen molar-refractivity contribution >= 4 is 28.4 Å². The molecule has 0 radical (unpaired) electrons. The maximum Gasteiger partial charge on any atom is 0.258 e. The molecule has 154 valence electrons. The molecule has 9 heteroatoms. The van der Waals surface area contributed by atoms with Crippen LogP contribution in [-0.4, -0.2) is 43.9 Å². The molecule has 4 N–H and O–H groups in total. The minimum absolute atomic E-state index is 0.0181. The standard InChI is InChI=1S/C21H23N7O2/c1-12(2)23-19(29)11-30-18-7-4-14(8-13(18)3)20-25-21(28-27-20)24-16-5-6-17-15(9-16)10-22-26-17/h4-10,12H,11H2,1-3H3,(H,22,26)(H,23,29)(H2,24,25,27,28). The van der Waals surface area contributed by atoms with Crippen molar-refractivity contribution in [3.63, 3.8) is 0 Å². The van der Waals surface area contributed by atoms with E-state index in [1.165, 1.54) is 0 Å². The second kappa shape index (κ2) is 8.24. The number of aromatic amines is 2. The van der Waals surface area contributed by atoms with E-state index < -0.39 is 0 Å². The van der Waals surface area contributed by atoms with Crippen LogP contribution < -0.4 is 15.4 Å². The molecule has 9 nitrogen and oxygen atoms in total. The van der Waals surface area contributed by atoms with Gasteiger partial charge in [0.1, 0.15) is 5.75 Å².